The number of aliphatic imine (C=N–C) groups is 1. The van der Waals surface area contributed by atoms with E-state index < -0.39 is 0 Å². The van der Waals surface area contributed by atoms with Gasteiger partial charge in [0.25, 0.3) is 0 Å². The molecule has 0 saturated heterocycles. The third kappa shape index (κ3) is 3.29. The molecule has 0 spiro atoms. The maximum atomic E-state index is 10.8. The van der Waals surface area contributed by atoms with Crippen molar-refractivity contribution in [3.05, 3.63) is 29.3 Å². The molecule has 108 valence electrons. The Kier molecular flexibility index (Phi) is 5.37. The van der Waals surface area contributed by atoms with Gasteiger partial charge in [0.05, 0.1) is 13.2 Å². The number of hydrogen-bond acceptors (Lipinski definition) is 3. The van der Waals surface area contributed by atoms with Crippen molar-refractivity contribution in [2.45, 2.75) is 51.5 Å². The van der Waals surface area contributed by atoms with E-state index in [0.717, 1.165) is 30.6 Å². The molecule has 3 nitrogen and oxygen atoms in total. The number of ether oxygens (including phenoxy) is 1. The van der Waals surface area contributed by atoms with Gasteiger partial charge in [-0.25, -0.2) is 4.79 Å². The normalized spacial score (nSPS) is 17.3. The molecule has 0 aliphatic heterocycles. The quantitative estimate of drug-likeness (QED) is 0.595. The van der Waals surface area contributed by atoms with Crippen molar-refractivity contribution >= 4 is 6.08 Å². The molecule has 0 N–H and O–H groups in total. The Hall–Kier alpha value is -1.60. The summed E-state index contributed by atoms with van der Waals surface area (Å²) >= 11 is 0. The highest BCUT2D eigenvalue weighted by molar-refractivity contribution is 5.41. The molecular formula is C17H23NO2. The van der Waals surface area contributed by atoms with Gasteiger partial charge in [-0.1, -0.05) is 32.3 Å². The van der Waals surface area contributed by atoms with Gasteiger partial charge in [0, 0.05) is 0 Å². The summed E-state index contributed by atoms with van der Waals surface area (Å²) in [7, 11) is 1.69. The number of benzene rings is 1. The summed E-state index contributed by atoms with van der Waals surface area (Å²) in [6.07, 6.45) is 8.79. The van der Waals surface area contributed by atoms with Crippen LogP contribution in [0.4, 0.5) is 0 Å². The van der Waals surface area contributed by atoms with Gasteiger partial charge >= 0.3 is 0 Å². The second kappa shape index (κ2) is 7.25. The van der Waals surface area contributed by atoms with E-state index in [1.54, 1.807) is 13.2 Å². The fraction of sp³-hybridized carbons (Fsp3) is 0.588. The topological polar surface area (TPSA) is 38.7 Å². The molecule has 2 rings (SSSR count). The van der Waals surface area contributed by atoms with Crippen molar-refractivity contribution in [2.75, 3.05) is 7.11 Å². The van der Waals surface area contributed by atoms with Gasteiger partial charge in [-0.3, -0.25) is 0 Å². The number of hydrogen-bond donors (Lipinski definition) is 0. The minimum atomic E-state index is -0.0380. The number of isocyanates is 1. The first-order chi connectivity index (χ1) is 9.80. The van der Waals surface area contributed by atoms with E-state index >= 15 is 0 Å². The Morgan fingerprint density at radius 1 is 1.35 bits per heavy atom. The highest BCUT2D eigenvalue weighted by atomic mass is 16.5. The van der Waals surface area contributed by atoms with Crippen LogP contribution in [-0.2, 0) is 11.2 Å². The molecule has 1 unspecified atom stereocenters. The molecule has 0 bridgehead atoms. The lowest BCUT2D eigenvalue weighted by atomic mass is 9.81. The lowest BCUT2D eigenvalue weighted by molar-refractivity contribution is 0.308. The van der Waals surface area contributed by atoms with Crippen LogP contribution in [0.15, 0.2) is 23.2 Å². The van der Waals surface area contributed by atoms with E-state index in [4.69, 9.17) is 4.74 Å². The lowest BCUT2D eigenvalue weighted by Gasteiger charge is -2.27. The van der Waals surface area contributed by atoms with Gasteiger partial charge < -0.3 is 4.74 Å². The van der Waals surface area contributed by atoms with Gasteiger partial charge in [0.15, 0.2) is 0 Å². The minimum absolute atomic E-state index is 0.0380. The lowest BCUT2D eigenvalue weighted by Crippen LogP contribution is -2.15. The van der Waals surface area contributed by atoms with E-state index in [1.165, 1.54) is 24.8 Å². The number of rotatable bonds is 5. The van der Waals surface area contributed by atoms with Crippen LogP contribution in [0.1, 0.15) is 56.2 Å². The Morgan fingerprint density at radius 3 is 2.70 bits per heavy atom. The summed E-state index contributed by atoms with van der Waals surface area (Å²) in [6, 6.07) is 6.13. The van der Waals surface area contributed by atoms with E-state index in [1.807, 2.05) is 12.1 Å². The van der Waals surface area contributed by atoms with Gasteiger partial charge in [-0.15, -0.1) is 0 Å². The predicted octanol–water partition coefficient (Wildman–Crippen LogP) is 4.21. The first-order valence-electron chi connectivity index (χ1n) is 7.54. The van der Waals surface area contributed by atoms with Gasteiger partial charge in [-0.05, 0) is 48.4 Å². The summed E-state index contributed by atoms with van der Waals surface area (Å²) in [5.74, 6) is 1.39. The molecule has 1 aromatic rings. The van der Waals surface area contributed by atoms with Crippen molar-refractivity contribution in [1.82, 2.24) is 0 Å². The second-order valence-electron chi connectivity index (χ2n) is 5.49. The van der Waals surface area contributed by atoms with Crippen molar-refractivity contribution < 1.29 is 9.53 Å². The van der Waals surface area contributed by atoms with Crippen molar-refractivity contribution in [2.24, 2.45) is 10.9 Å². The van der Waals surface area contributed by atoms with Crippen molar-refractivity contribution in [3.63, 3.8) is 0 Å². The van der Waals surface area contributed by atoms with Crippen LogP contribution in [0.5, 0.6) is 5.75 Å². The molecule has 1 aliphatic rings. The van der Waals surface area contributed by atoms with Crippen LogP contribution in [-0.4, -0.2) is 13.2 Å². The predicted molar refractivity (Wildman–Crippen MR) is 79.8 cm³/mol. The number of nitrogens with zero attached hydrogens (tertiary/aromatic N) is 1. The molecule has 0 amide bonds. The number of aryl methyl sites for hydroxylation is 1. The van der Waals surface area contributed by atoms with Crippen LogP contribution in [0.3, 0.4) is 0 Å². The zero-order valence-corrected chi connectivity index (χ0v) is 12.4. The average Bonchev–Trinajstić information content (AvgIpc) is 2.52. The Morgan fingerprint density at radius 2 is 2.10 bits per heavy atom. The molecular weight excluding hydrogens is 250 g/mol. The zero-order chi connectivity index (χ0) is 14.4. The van der Waals surface area contributed by atoms with Crippen molar-refractivity contribution in [1.29, 1.82) is 0 Å². The summed E-state index contributed by atoms with van der Waals surface area (Å²) in [4.78, 5) is 14.9. The summed E-state index contributed by atoms with van der Waals surface area (Å²) < 4.78 is 5.37. The highest BCUT2D eigenvalue weighted by Crippen LogP contribution is 2.38. The number of carbonyl (C=O) groups excluding carboxylic acids is 1. The van der Waals surface area contributed by atoms with Crippen LogP contribution >= 0.6 is 0 Å². The van der Waals surface area contributed by atoms with Crippen LogP contribution in [0, 0.1) is 5.92 Å². The van der Waals surface area contributed by atoms with E-state index in [9.17, 15) is 4.79 Å². The molecule has 20 heavy (non-hydrogen) atoms. The molecule has 0 heterocycles. The standard InChI is InChI=1S/C17H23NO2/c1-3-13-11-15(9-10-16(13)20-2)17(18-12-19)14-7-5-4-6-8-14/h9-11,14,17H,3-8H2,1-2H3. The maximum Gasteiger partial charge on any atom is 0.235 e. The largest absolute Gasteiger partial charge is 0.496 e. The minimum Gasteiger partial charge on any atom is -0.496 e. The molecule has 1 saturated carbocycles. The summed E-state index contributed by atoms with van der Waals surface area (Å²) in [6.45, 7) is 2.11. The smallest absolute Gasteiger partial charge is 0.235 e. The maximum absolute atomic E-state index is 10.8. The fourth-order valence-electron chi connectivity index (χ4n) is 3.22. The first-order valence-corrected chi connectivity index (χ1v) is 7.54. The first kappa shape index (κ1) is 14.8. The van der Waals surface area contributed by atoms with E-state index in [2.05, 4.69) is 18.0 Å². The molecule has 1 aliphatic carbocycles. The fourth-order valence-corrected chi connectivity index (χ4v) is 3.22. The zero-order valence-electron chi connectivity index (χ0n) is 12.4. The Labute approximate surface area is 121 Å². The third-order valence-electron chi connectivity index (χ3n) is 4.32. The Balaban J connectivity index is 2.30. The highest BCUT2D eigenvalue weighted by Gasteiger charge is 2.25. The third-order valence-corrected chi connectivity index (χ3v) is 4.32. The van der Waals surface area contributed by atoms with Gasteiger partial charge in [0.1, 0.15) is 5.75 Å². The van der Waals surface area contributed by atoms with Gasteiger partial charge in [0.2, 0.25) is 6.08 Å². The van der Waals surface area contributed by atoms with Crippen LogP contribution in [0.25, 0.3) is 0 Å². The molecule has 1 aromatic carbocycles. The molecule has 3 heteroatoms. The molecule has 1 atom stereocenters. The molecule has 0 aromatic heterocycles. The molecule has 1 fully saturated rings. The van der Waals surface area contributed by atoms with Crippen molar-refractivity contribution in [3.8, 4) is 5.75 Å². The van der Waals surface area contributed by atoms with E-state index in [-0.39, 0.29) is 6.04 Å². The van der Waals surface area contributed by atoms with Crippen LogP contribution in [0.2, 0.25) is 0 Å². The summed E-state index contributed by atoms with van der Waals surface area (Å²) in [5, 5.41) is 0. The second-order valence-corrected chi connectivity index (χ2v) is 5.49. The summed E-state index contributed by atoms with van der Waals surface area (Å²) in [5.41, 5.74) is 2.30. The molecule has 0 radical (unpaired) electrons. The average molecular weight is 273 g/mol. The SMILES string of the molecule is CCc1cc(C(N=C=O)C2CCCCC2)ccc1OC. The monoisotopic (exact) mass is 273 g/mol. The number of methoxy groups -OCH3 is 1. The van der Waals surface area contributed by atoms with Crippen LogP contribution < -0.4 is 4.74 Å². The van der Waals surface area contributed by atoms with Gasteiger partial charge in [-0.2, -0.15) is 4.99 Å². The van der Waals surface area contributed by atoms with E-state index in [0.29, 0.717) is 5.92 Å². The Bertz CT molecular complexity index is 486.